The Hall–Kier alpha value is -1.26. The number of rotatable bonds is 5. The highest BCUT2D eigenvalue weighted by molar-refractivity contribution is 9.10. The number of halogens is 3. The second-order valence-electron chi connectivity index (χ2n) is 4.64. The van der Waals surface area contributed by atoms with E-state index in [9.17, 15) is 8.78 Å². The number of likely N-dealkylation sites (N-methyl/N-ethyl adjacent to an activating group) is 1. The van der Waals surface area contributed by atoms with Gasteiger partial charge in [0.05, 0.1) is 0 Å². The van der Waals surface area contributed by atoms with E-state index in [2.05, 4.69) is 21.2 Å². The molecule has 20 heavy (non-hydrogen) atoms. The van der Waals surface area contributed by atoms with E-state index in [0.717, 1.165) is 22.6 Å². The van der Waals surface area contributed by atoms with Crippen LogP contribution in [0, 0.1) is 11.6 Å². The summed E-state index contributed by atoms with van der Waals surface area (Å²) in [5.41, 5.74) is 1.75. The minimum Gasteiger partial charge on any atom is -0.310 e. The Morgan fingerprint density at radius 1 is 1.05 bits per heavy atom. The van der Waals surface area contributed by atoms with Crippen LogP contribution in [0.4, 0.5) is 8.78 Å². The van der Waals surface area contributed by atoms with Gasteiger partial charge in [-0.25, -0.2) is 8.78 Å². The first-order valence-electron chi connectivity index (χ1n) is 6.52. The van der Waals surface area contributed by atoms with Crippen LogP contribution in [0.2, 0.25) is 0 Å². The third-order valence-electron chi connectivity index (χ3n) is 3.09. The summed E-state index contributed by atoms with van der Waals surface area (Å²) in [7, 11) is 0. The molecule has 2 aromatic rings. The van der Waals surface area contributed by atoms with Crippen LogP contribution >= 0.6 is 15.9 Å². The Balaban J connectivity index is 2.23. The maximum Gasteiger partial charge on any atom is 0.126 e. The Kier molecular flexibility index (Phi) is 5.26. The molecule has 0 amide bonds. The maximum atomic E-state index is 13.3. The van der Waals surface area contributed by atoms with Crippen molar-refractivity contribution in [2.75, 3.05) is 6.54 Å². The second-order valence-corrected chi connectivity index (χ2v) is 5.56. The van der Waals surface area contributed by atoms with Gasteiger partial charge in [0, 0.05) is 16.6 Å². The molecule has 1 N–H and O–H groups in total. The van der Waals surface area contributed by atoms with E-state index in [4.69, 9.17) is 0 Å². The molecule has 0 aliphatic heterocycles. The number of hydrogen-bond acceptors (Lipinski definition) is 1. The highest BCUT2D eigenvalue weighted by Crippen LogP contribution is 2.21. The zero-order valence-electron chi connectivity index (χ0n) is 11.2. The molecule has 0 saturated heterocycles. The lowest BCUT2D eigenvalue weighted by molar-refractivity contribution is 0.529. The highest BCUT2D eigenvalue weighted by Gasteiger charge is 2.13. The van der Waals surface area contributed by atoms with E-state index in [1.54, 1.807) is 0 Å². The Labute approximate surface area is 126 Å². The van der Waals surface area contributed by atoms with Gasteiger partial charge in [0.25, 0.3) is 0 Å². The van der Waals surface area contributed by atoms with E-state index in [0.29, 0.717) is 12.0 Å². The minimum absolute atomic E-state index is 0.105. The predicted octanol–water partition coefficient (Wildman–Crippen LogP) is 4.62. The van der Waals surface area contributed by atoms with Crippen LogP contribution in [0.5, 0.6) is 0 Å². The molecule has 106 valence electrons. The van der Waals surface area contributed by atoms with Crippen LogP contribution in [-0.2, 0) is 6.42 Å². The molecule has 0 aromatic heterocycles. The van der Waals surface area contributed by atoms with Gasteiger partial charge in [0.2, 0.25) is 0 Å². The second kappa shape index (κ2) is 6.95. The minimum atomic E-state index is -0.543. The number of benzene rings is 2. The smallest absolute Gasteiger partial charge is 0.126 e. The van der Waals surface area contributed by atoms with E-state index in [1.807, 2.05) is 31.2 Å². The Bertz CT molecular complexity index is 549. The zero-order valence-corrected chi connectivity index (χ0v) is 12.8. The first-order chi connectivity index (χ1) is 9.58. The van der Waals surface area contributed by atoms with Crippen molar-refractivity contribution in [3.05, 3.63) is 69.7 Å². The first kappa shape index (κ1) is 15.1. The van der Waals surface area contributed by atoms with Gasteiger partial charge in [0.15, 0.2) is 0 Å². The molecule has 1 unspecified atom stereocenters. The molecule has 0 radical (unpaired) electrons. The quantitative estimate of drug-likeness (QED) is 0.837. The molecule has 0 heterocycles. The van der Waals surface area contributed by atoms with Crippen molar-refractivity contribution in [3.8, 4) is 0 Å². The number of nitrogens with one attached hydrogen (secondary N) is 1. The molecule has 2 aromatic carbocycles. The van der Waals surface area contributed by atoms with E-state index >= 15 is 0 Å². The largest absolute Gasteiger partial charge is 0.310 e. The average Bonchev–Trinajstić information content (AvgIpc) is 2.39. The molecule has 0 spiro atoms. The van der Waals surface area contributed by atoms with Gasteiger partial charge in [-0.2, -0.15) is 0 Å². The monoisotopic (exact) mass is 339 g/mol. The van der Waals surface area contributed by atoms with E-state index in [1.165, 1.54) is 12.1 Å². The van der Waals surface area contributed by atoms with Gasteiger partial charge in [-0.15, -0.1) is 0 Å². The van der Waals surface area contributed by atoms with Crippen LogP contribution in [0.25, 0.3) is 0 Å². The Morgan fingerprint density at radius 3 is 2.20 bits per heavy atom. The SMILES string of the molecule is CCNC(Cc1ccc(Br)cc1)c1cc(F)cc(F)c1. The third kappa shape index (κ3) is 4.12. The molecule has 0 aliphatic rings. The molecule has 0 aliphatic carbocycles. The average molecular weight is 340 g/mol. The standard InChI is InChI=1S/C16H16BrF2N/c1-2-20-16(7-11-3-5-13(17)6-4-11)12-8-14(18)10-15(19)9-12/h3-6,8-10,16,20H,2,7H2,1H3. The lowest BCUT2D eigenvalue weighted by atomic mass is 9.98. The first-order valence-corrected chi connectivity index (χ1v) is 7.31. The fourth-order valence-corrected chi connectivity index (χ4v) is 2.45. The van der Waals surface area contributed by atoms with Crippen molar-refractivity contribution in [3.63, 3.8) is 0 Å². The van der Waals surface area contributed by atoms with Gasteiger partial charge >= 0.3 is 0 Å². The molecule has 1 atom stereocenters. The molecule has 0 saturated carbocycles. The number of hydrogen-bond donors (Lipinski definition) is 1. The van der Waals surface area contributed by atoms with E-state index in [-0.39, 0.29) is 6.04 Å². The molecule has 1 nitrogen and oxygen atoms in total. The van der Waals surface area contributed by atoms with Crippen LogP contribution in [-0.4, -0.2) is 6.54 Å². The van der Waals surface area contributed by atoms with Crippen molar-refractivity contribution in [2.45, 2.75) is 19.4 Å². The molecular formula is C16H16BrF2N. The van der Waals surface area contributed by atoms with Gasteiger partial charge < -0.3 is 5.32 Å². The molecule has 0 fully saturated rings. The lowest BCUT2D eigenvalue weighted by Crippen LogP contribution is -2.23. The van der Waals surface area contributed by atoms with Crippen LogP contribution in [0.1, 0.15) is 24.1 Å². The summed E-state index contributed by atoms with van der Waals surface area (Å²) >= 11 is 3.39. The van der Waals surface area contributed by atoms with Gasteiger partial charge in [-0.1, -0.05) is 35.0 Å². The summed E-state index contributed by atoms with van der Waals surface area (Å²) in [6.45, 7) is 2.71. The predicted molar refractivity (Wildman–Crippen MR) is 80.6 cm³/mol. The zero-order chi connectivity index (χ0) is 14.5. The van der Waals surface area contributed by atoms with Crippen molar-refractivity contribution in [1.29, 1.82) is 0 Å². The lowest BCUT2D eigenvalue weighted by Gasteiger charge is -2.19. The fraction of sp³-hybridized carbons (Fsp3) is 0.250. The van der Waals surface area contributed by atoms with Crippen LogP contribution in [0.3, 0.4) is 0 Å². The highest BCUT2D eigenvalue weighted by atomic mass is 79.9. The van der Waals surface area contributed by atoms with Gasteiger partial charge in [-0.3, -0.25) is 0 Å². The van der Waals surface area contributed by atoms with Crippen molar-refractivity contribution in [1.82, 2.24) is 5.32 Å². The fourth-order valence-electron chi connectivity index (χ4n) is 2.19. The van der Waals surface area contributed by atoms with Crippen molar-refractivity contribution >= 4 is 15.9 Å². The normalized spacial score (nSPS) is 12.4. The van der Waals surface area contributed by atoms with Crippen LogP contribution < -0.4 is 5.32 Å². The molecule has 0 bridgehead atoms. The summed E-state index contributed by atoms with van der Waals surface area (Å²) in [6.07, 6.45) is 0.685. The molecular weight excluding hydrogens is 324 g/mol. The van der Waals surface area contributed by atoms with Crippen molar-refractivity contribution in [2.24, 2.45) is 0 Å². The van der Waals surface area contributed by atoms with Crippen molar-refractivity contribution < 1.29 is 8.78 Å². The summed E-state index contributed by atoms with van der Waals surface area (Å²) in [5.74, 6) is -1.09. The van der Waals surface area contributed by atoms with Crippen LogP contribution in [0.15, 0.2) is 46.9 Å². The van der Waals surface area contributed by atoms with E-state index < -0.39 is 11.6 Å². The maximum absolute atomic E-state index is 13.3. The third-order valence-corrected chi connectivity index (χ3v) is 3.62. The summed E-state index contributed by atoms with van der Waals surface area (Å²) in [4.78, 5) is 0. The summed E-state index contributed by atoms with van der Waals surface area (Å²) < 4.78 is 27.7. The molecule has 4 heteroatoms. The van der Waals surface area contributed by atoms with Gasteiger partial charge in [-0.05, 0) is 48.4 Å². The summed E-state index contributed by atoms with van der Waals surface area (Å²) in [5, 5.41) is 3.27. The molecule has 2 rings (SSSR count). The van der Waals surface area contributed by atoms with Gasteiger partial charge in [0.1, 0.15) is 11.6 Å². The summed E-state index contributed by atoms with van der Waals surface area (Å²) in [6, 6.07) is 11.5. The Morgan fingerprint density at radius 2 is 1.65 bits per heavy atom. The topological polar surface area (TPSA) is 12.0 Å².